The Balaban J connectivity index is 0.000000225. The molecule has 0 amide bonds. The fraction of sp³-hybridized carbons (Fsp3) is 0.429. The maximum Gasteiger partial charge on any atom is 0.261 e. The van der Waals surface area contributed by atoms with Gasteiger partial charge < -0.3 is 11.1 Å². The second-order valence-corrected chi connectivity index (χ2v) is 10.5. The van der Waals surface area contributed by atoms with E-state index in [9.17, 15) is 26.0 Å². The van der Waals surface area contributed by atoms with Gasteiger partial charge in [0.2, 0.25) is 22.4 Å². The standard InChI is InChI=1S/C15H14F2N8.C6H11F2NO2S/c1-19-14-13-9(4-5-24(13)23-15(18)21-14)10-2-3-12-20-7-8(6-11(16)17)25(12)22-10;1-12(10,11)9-4-2-3-6(7,8)5-9/h2-5,7,11H,6H2,1H3,(H3,18,19,21,23);2-5H2,1H3. The van der Waals surface area contributed by atoms with E-state index in [2.05, 4.69) is 25.5 Å². The summed E-state index contributed by atoms with van der Waals surface area (Å²) in [5.74, 6) is -2.16. The molecule has 3 N–H and O–H groups in total. The normalized spacial score (nSPS) is 16.2. The minimum absolute atomic E-state index is 0.135. The molecule has 37 heavy (non-hydrogen) atoms. The van der Waals surface area contributed by atoms with Gasteiger partial charge in [-0.1, -0.05) is 0 Å². The molecule has 1 saturated heterocycles. The number of nitrogen functional groups attached to an aromatic ring is 1. The van der Waals surface area contributed by atoms with E-state index in [4.69, 9.17) is 5.73 Å². The van der Waals surface area contributed by atoms with Crippen molar-refractivity contribution in [3.8, 4) is 11.3 Å². The number of nitrogens with two attached hydrogens (primary N) is 1. The fourth-order valence-corrected chi connectivity index (χ4v) is 4.88. The van der Waals surface area contributed by atoms with Gasteiger partial charge in [-0.3, -0.25) is 0 Å². The lowest BCUT2D eigenvalue weighted by atomic mass is 10.1. The first-order valence-electron chi connectivity index (χ1n) is 11.2. The zero-order chi connectivity index (χ0) is 27.0. The van der Waals surface area contributed by atoms with Crippen molar-refractivity contribution < 1.29 is 26.0 Å². The summed E-state index contributed by atoms with van der Waals surface area (Å²) in [6.45, 7) is -0.444. The Morgan fingerprint density at radius 1 is 1.22 bits per heavy atom. The van der Waals surface area contributed by atoms with E-state index in [-0.39, 0.29) is 25.3 Å². The van der Waals surface area contributed by atoms with Crippen LogP contribution in [0.25, 0.3) is 22.4 Å². The average Bonchev–Trinajstić information content (AvgIpc) is 3.41. The smallest absolute Gasteiger partial charge is 0.261 e. The van der Waals surface area contributed by atoms with Crippen LogP contribution in [0.5, 0.6) is 0 Å². The quantitative estimate of drug-likeness (QED) is 0.367. The Bertz CT molecular complexity index is 1520. The molecule has 4 aromatic rings. The molecule has 16 heteroatoms. The van der Waals surface area contributed by atoms with Crippen molar-refractivity contribution in [1.82, 2.24) is 33.5 Å². The molecule has 0 atom stereocenters. The zero-order valence-electron chi connectivity index (χ0n) is 19.9. The summed E-state index contributed by atoms with van der Waals surface area (Å²) in [6, 6.07) is 5.33. The first-order chi connectivity index (χ1) is 17.4. The van der Waals surface area contributed by atoms with Crippen molar-refractivity contribution in [2.75, 3.05) is 37.4 Å². The zero-order valence-corrected chi connectivity index (χ0v) is 20.8. The van der Waals surface area contributed by atoms with Gasteiger partial charge in [-0.05, 0) is 24.6 Å². The second-order valence-electron chi connectivity index (χ2n) is 8.48. The number of hydrogen-bond donors (Lipinski definition) is 2. The number of anilines is 2. The summed E-state index contributed by atoms with van der Waals surface area (Å²) in [7, 11) is -1.72. The number of nitrogens with zero attached hydrogens (tertiary/aromatic N) is 7. The van der Waals surface area contributed by atoms with E-state index >= 15 is 0 Å². The summed E-state index contributed by atoms with van der Waals surface area (Å²) in [4.78, 5) is 8.29. The molecule has 4 aromatic heterocycles. The summed E-state index contributed by atoms with van der Waals surface area (Å²) < 4.78 is 76.4. The van der Waals surface area contributed by atoms with Crippen LogP contribution in [0.2, 0.25) is 0 Å². The van der Waals surface area contributed by atoms with Crippen molar-refractivity contribution in [3.63, 3.8) is 0 Å². The maximum atomic E-state index is 12.7. The molecular weight excluding hydrogens is 518 g/mol. The van der Waals surface area contributed by atoms with Crippen LogP contribution in [0.15, 0.2) is 30.6 Å². The number of imidazole rings is 1. The molecule has 0 radical (unpaired) electrons. The number of aromatic nitrogens is 6. The van der Waals surface area contributed by atoms with Crippen molar-refractivity contribution in [1.29, 1.82) is 0 Å². The van der Waals surface area contributed by atoms with Crippen LogP contribution >= 0.6 is 0 Å². The van der Waals surface area contributed by atoms with Crippen molar-refractivity contribution >= 4 is 33.0 Å². The predicted octanol–water partition coefficient (Wildman–Crippen LogP) is 2.55. The predicted molar refractivity (Wildman–Crippen MR) is 129 cm³/mol. The largest absolute Gasteiger partial charge is 0.371 e. The monoisotopic (exact) mass is 543 g/mol. The summed E-state index contributed by atoms with van der Waals surface area (Å²) >= 11 is 0. The molecule has 0 aliphatic carbocycles. The number of nitrogens with one attached hydrogen (secondary N) is 1. The average molecular weight is 544 g/mol. The Kier molecular flexibility index (Phi) is 7.23. The minimum atomic E-state index is -3.44. The summed E-state index contributed by atoms with van der Waals surface area (Å²) in [5.41, 5.74) is 8.59. The number of piperidine rings is 1. The van der Waals surface area contributed by atoms with E-state index < -0.39 is 35.3 Å². The van der Waals surface area contributed by atoms with E-state index in [1.54, 1.807) is 29.9 Å². The third-order valence-corrected chi connectivity index (χ3v) is 6.91. The number of halogens is 4. The lowest BCUT2D eigenvalue weighted by Gasteiger charge is -2.30. The highest BCUT2D eigenvalue weighted by Gasteiger charge is 2.38. The van der Waals surface area contributed by atoms with Crippen molar-refractivity contribution in [3.05, 3.63) is 36.3 Å². The molecule has 200 valence electrons. The topological polar surface area (TPSA) is 136 Å². The summed E-state index contributed by atoms with van der Waals surface area (Å²) in [6.07, 6.45) is 1.26. The highest BCUT2D eigenvalue weighted by atomic mass is 32.2. The molecule has 1 aliphatic rings. The Labute approximate surface area is 209 Å². The van der Waals surface area contributed by atoms with Gasteiger partial charge in [-0.15, -0.1) is 5.10 Å². The third kappa shape index (κ3) is 5.90. The lowest BCUT2D eigenvalue weighted by Crippen LogP contribution is -2.45. The second kappa shape index (κ2) is 10.1. The van der Waals surface area contributed by atoms with Crippen LogP contribution in [0.3, 0.4) is 0 Å². The maximum absolute atomic E-state index is 12.7. The number of hydrogen-bond acceptors (Lipinski definition) is 8. The van der Waals surface area contributed by atoms with E-state index in [0.717, 1.165) is 16.1 Å². The lowest BCUT2D eigenvalue weighted by molar-refractivity contribution is -0.0432. The van der Waals surface area contributed by atoms with Gasteiger partial charge in [0.05, 0.1) is 36.8 Å². The molecule has 5 rings (SSSR count). The molecule has 1 fully saturated rings. The molecule has 0 spiro atoms. The van der Waals surface area contributed by atoms with Gasteiger partial charge in [0.15, 0.2) is 11.5 Å². The first kappa shape index (κ1) is 26.5. The Morgan fingerprint density at radius 3 is 2.59 bits per heavy atom. The summed E-state index contributed by atoms with van der Waals surface area (Å²) in [5, 5.41) is 11.6. The van der Waals surface area contributed by atoms with Gasteiger partial charge in [0, 0.05) is 31.8 Å². The molecule has 0 bridgehead atoms. The van der Waals surface area contributed by atoms with Gasteiger partial charge in [-0.25, -0.2) is 40.0 Å². The van der Waals surface area contributed by atoms with E-state index in [1.165, 1.54) is 10.7 Å². The van der Waals surface area contributed by atoms with Gasteiger partial charge in [0.25, 0.3) is 5.92 Å². The molecular formula is C21H25F4N9O2S. The van der Waals surface area contributed by atoms with E-state index in [0.29, 0.717) is 28.4 Å². The first-order valence-corrected chi connectivity index (χ1v) is 13.0. The van der Waals surface area contributed by atoms with Crippen LogP contribution in [0.4, 0.5) is 29.3 Å². The number of rotatable bonds is 5. The van der Waals surface area contributed by atoms with Gasteiger partial charge in [0.1, 0.15) is 5.52 Å². The van der Waals surface area contributed by atoms with E-state index in [1.807, 2.05) is 6.07 Å². The fourth-order valence-electron chi connectivity index (χ4n) is 4.00. The molecule has 1 aliphatic heterocycles. The molecule has 0 saturated carbocycles. The Hall–Kier alpha value is -3.53. The van der Waals surface area contributed by atoms with Crippen molar-refractivity contribution in [2.24, 2.45) is 0 Å². The third-order valence-electron chi connectivity index (χ3n) is 5.66. The number of sulfonamides is 1. The molecule has 11 nitrogen and oxygen atoms in total. The molecule has 5 heterocycles. The number of alkyl halides is 4. The molecule has 0 aromatic carbocycles. The van der Waals surface area contributed by atoms with Gasteiger partial charge >= 0.3 is 0 Å². The minimum Gasteiger partial charge on any atom is -0.371 e. The highest BCUT2D eigenvalue weighted by molar-refractivity contribution is 7.88. The van der Waals surface area contributed by atoms with Crippen LogP contribution in [-0.4, -0.2) is 80.7 Å². The highest BCUT2D eigenvalue weighted by Crippen LogP contribution is 2.29. The van der Waals surface area contributed by atoms with Crippen LogP contribution < -0.4 is 11.1 Å². The SMILES string of the molecule is CNc1nc(N)nn2ccc(-c3ccc4ncc(CC(F)F)n4n3)c12.CS(=O)(=O)N1CCCC(F)(F)C1. The Morgan fingerprint density at radius 2 is 1.97 bits per heavy atom. The van der Waals surface area contributed by atoms with Crippen LogP contribution in [0, 0.1) is 0 Å². The number of fused-ring (bicyclic) bond motifs is 2. The van der Waals surface area contributed by atoms with Crippen LogP contribution in [0.1, 0.15) is 18.5 Å². The van der Waals surface area contributed by atoms with Crippen molar-refractivity contribution in [2.45, 2.75) is 31.6 Å². The van der Waals surface area contributed by atoms with Gasteiger partial charge in [-0.2, -0.15) is 14.4 Å². The molecule has 0 unspecified atom stereocenters. The van der Waals surface area contributed by atoms with Crippen LogP contribution in [-0.2, 0) is 16.4 Å².